The SMILES string of the molecule is O=C(O)C1CC(OCCF)CN1C(=O)O. The monoisotopic (exact) mass is 221 g/mol. The van der Waals surface area contributed by atoms with Gasteiger partial charge in [-0.05, 0) is 0 Å². The van der Waals surface area contributed by atoms with E-state index in [2.05, 4.69) is 0 Å². The minimum atomic E-state index is -1.30. The number of rotatable bonds is 4. The zero-order chi connectivity index (χ0) is 11.4. The molecule has 1 rings (SSSR count). The molecule has 6 nitrogen and oxygen atoms in total. The van der Waals surface area contributed by atoms with Crippen LogP contribution in [0, 0.1) is 0 Å². The maximum Gasteiger partial charge on any atom is 0.408 e. The topological polar surface area (TPSA) is 87.1 Å². The molecule has 1 fully saturated rings. The molecule has 1 saturated heterocycles. The van der Waals surface area contributed by atoms with E-state index in [4.69, 9.17) is 14.9 Å². The molecular weight excluding hydrogens is 209 g/mol. The van der Waals surface area contributed by atoms with Crippen molar-refractivity contribution in [2.24, 2.45) is 0 Å². The third-order valence-corrected chi connectivity index (χ3v) is 2.22. The Labute approximate surface area is 85.2 Å². The largest absolute Gasteiger partial charge is 0.480 e. The van der Waals surface area contributed by atoms with E-state index in [1.807, 2.05) is 0 Å². The third kappa shape index (κ3) is 2.79. The van der Waals surface area contributed by atoms with Crippen molar-refractivity contribution >= 4 is 12.1 Å². The lowest BCUT2D eigenvalue weighted by atomic mass is 10.2. The standard InChI is InChI=1S/C8H12FNO5/c9-1-2-15-5-3-6(7(11)12)10(4-5)8(13)14/h5-6H,1-4H2,(H,11,12)(H,13,14). The summed E-state index contributed by atoms with van der Waals surface area (Å²) in [5.74, 6) is -1.20. The first-order chi connectivity index (χ1) is 7.06. The molecule has 0 aromatic rings. The number of carboxylic acid groups (broad SMARTS) is 2. The highest BCUT2D eigenvalue weighted by atomic mass is 19.1. The highest BCUT2D eigenvalue weighted by molar-refractivity contribution is 5.80. The number of aliphatic carboxylic acids is 1. The van der Waals surface area contributed by atoms with Crippen LogP contribution in [0.4, 0.5) is 9.18 Å². The Morgan fingerprint density at radius 2 is 2.13 bits per heavy atom. The van der Waals surface area contributed by atoms with E-state index in [-0.39, 0.29) is 19.6 Å². The van der Waals surface area contributed by atoms with E-state index in [0.29, 0.717) is 0 Å². The van der Waals surface area contributed by atoms with Crippen LogP contribution in [0.5, 0.6) is 0 Å². The average molecular weight is 221 g/mol. The normalized spacial score (nSPS) is 25.5. The van der Waals surface area contributed by atoms with Gasteiger partial charge in [-0.15, -0.1) is 0 Å². The van der Waals surface area contributed by atoms with Crippen molar-refractivity contribution in [1.29, 1.82) is 0 Å². The Kier molecular flexibility index (Phi) is 3.84. The van der Waals surface area contributed by atoms with Gasteiger partial charge < -0.3 is 14.9 Å². The van der Waals surface area contributed by atoms with Crippen molar-refractivity contribution < 1.29 is 28.9 Å². The van der Waals surface area contributed by atoms with Crippen LogP contribution in [-0.2, 0) is 9.53 Å². The molecule has 0 spiro atoms. The molecule has 0 radical (unpaired) electrons. The molecule has 0 aliphatic carbocycles. The van der Waals surface area contributed by atoms with Crippen LogP contribution >= 0.6 is 0 Å². The third-order valence-electron chi connectivity index (χ3n) is 2.22. The number of likely N-dealkylation sites (tertiary alicyclic amines) is 1. The highest BCUT2D eigenvalue weighted by Crippen LogP contribution is 2.20. The summed E-state index contributed by atoms with van der Waals surface area (Å²) in [6.45, 7) is -0.821. The van der Waals surface area contributed by atoms with E-state index in [1.165, 1.54) is 0 Å². The van der Waals surface area contributed by atoms with Crippen LogP contribution in [0.2, 0.25) is 0 Å². The Morgan fingerprint density at radius 3 is 2.53 bits per heavy atom. The van der Waals surface area contributed by atoms with Crippen LogP contribution in [0.25, 0.3) is 0 Å². The van der Waals surface area contributed by atoms with Gasteiger partial charge in [0.25, 0.3) is 0 Å². The van der Waals surface area contributed by atoms with Gasteiger partial charge in [0.1, 0.15) is 12.7 Å². The first-order valence-electron chi connectivity index (χ1n) is 4.46. The maximum atomic E-state index is 11.8. The molecule has 0 aromatic heterocycles. The summed E-state index contributed by atoms with van der Waals surface area (Å²) in [5, 5.41) is 17.4. The molecule has 15 heavy (non-hydrogen) atoms. The lowest BCUT2D eigenvalue weighted by Crippen LogP contribution is -2.39. The second-order valence-electron chi connectivity index (χ2n) is 3.21. The van der Waals surface area contributed by atoms with Crippen molar-refractivity contribution in [2.75, 3.05) is 19.8 Å². The van der Waals surface area contributed by atoms with Gasteiger partial charge in [0, 0.05) is 6.42 Å². The predicted molar refractivity (Wildman–Crippen MR) is 46.5 cm³/mol. The Bertz CT molecular complexity index is 237. The predicted octanol–water partition coefficient (Wildman–Crippen LogP) is 0.178. The lowest BCUT2D eigenvalue weighted by Gasteiger charge is -2.16. The van der Waals surface area contributed by atoms with Crippen LogP contribution in [0.15, 0.2) is 0 Å². The van der Waals surface area contributed by atoms with E-state index in [1.54, 1.807) is 0 Å². The van der Waals surface area contributed by atoms with Gasteiger partial charge in [-0.2, -0.15) is 0 Å². The highest BCUT2D eigenvalue weighted by Gasteiger charge is 2.40. The number of hydrogen-bond acceptors (Lipinski definition) is 3. The summed E-state index contributed by atoms with van der Waals surface area (Å²) >= 11 is 0. The van der Waals surface area contributed by atoms with Crippen LogP contribution in [0.3, 0.4) is 0 Å². The van der Waals surface area contributed by atoms with Gasteiger partial charge in [0.2, 0.25) is 0 Å². The molecule has 0 bridgehead atoms. The Hall–Kier alpha value is -1.37. The summed E-state index contributed by atoms with van der Waals surface area (Å²) < 4.78 is 16.8. The molecule has 7 heteroatoms. The number of alkyl halides is 1. The van der Waals surface area contributed by atoms with E-state index >= 15 is 0 Å². The molecule has 1 heterocycles. The number of hydrogen-bond donors (Lipinski definition) is 2. The second kappa shape index (κ2) is 4.92. The average Bonchev–Trinajstić information content (AvgIpc) is 2.58. The Morgan fingerprint density at radius 1 is 1.47 bits per heavy atom. The van der Waals surface area contributed by atoms with Gasteiger partial charge in [-0.1, -0.05) is 0 Å². The summed E-state index contributed by atoms with van der Waals surface area (Å²) in [4.78, 5) is 22.2. The van der Waals surface area contributed by atoms with Gasteiger partial charge in [-0.3, -0.25) is 4.90 Å². The molecule has 1 aliphatic rings. The van der Waals surface area contributed by atoms with Crippen LogP contribution < -0.4 is 0 Å². The molecule has 1 aliphatic heterocycles. The fourth-order valence-corrected chi connectivity index (χ4v) is 1.57. The minimum Gasteiger partial charge on any atom is -0.480 e. The van der Waals surface area contributed by atoms with Crippen molar-refractivity contribution in [3.63, 3.8) is 0 Å². The number of nitrogens with zero attached hydrogens (tertiary/aromatic N) is 1. The lowest BCUT2D eigenvalue weighted by molar-refractivity contribution is -0.141. The summed E-state index contributed by atoms with van der Waals surface area (Å²) in [7, 11) is 0. The smallest absolute Gasteiger partial charge is 0.408 e. The molecule has 86 valence electrons. The number of halogens is 1. The first kappa shape index (κ1) is 11.7. The zero-order valence-corrected chi connectivity index (χ0v) is 7.93. The summed E-state index contributed by atoms with van der Waals surface area (Å²) in [5.41, 5.74) is 0. The van der Waals surface area contributed by atoms with Crippen molar-refractivity contribution in [2.45, 2.75) is 18.6 Å². The van der Waals surface area contributed by atoms with E-state index < -0.39 is 30.9 Å². The fourth-order valence-electron chi connectivity index (χ4n) is 1.57. The molecule has 1 amide bonds. The van der Waals surface area contributed by atoms with Gasteiger partial charge in [-0.25, -0.2) is 14.0 Å². The number of carbonyl (C=O) groups is 2. The van der Waals surface area contributed by atoms with Crippen LogP contribution in [-0.4, -0.2) is 59.1 Å². The van der Waals surface area contributed by atoms with Crippen molar-refractivity contribution in [1.82, 2.24) is 4.90 Å². The van der Waals surface area contributed by atoms with Crippen molar-refractivity contribution in [3.8, 4) is 0 Å². The zero-order valence-electron chi connectivity index (χ0n) is 7.93. The van der Waals surface area contributed by atoms with Gasteiger partial charge in [0.05, 0.1) is 19.3 Å². The molecule has 0 aromatic carbocycles. The molecule has 0 saturated carbocycles. The minimum absolute atomic E-state index is 0.0215. The second-order valence-corrected chi connectivity index (χ2v) is 3.21. The first-order valence-corrected chi connectivity index (χ1v) is 4.46. The fraction of sp³-hybridized carbons (Fsp3) is 0.750. The van der Waals surface area contributed by atoms with Crippen molar-refractivity contribution in [3.05, 3.63) is 0 Å². The maximum absolute atomic E-state index is 11.8. The van der Waals surface area contributed by atoms with Gasteiger partial charge >= 0.3 is 12.1 Å². The molecule has 2 N–H and O–H groups in total. The molecular formula is C8H12FNO5. The van der Waals surface area contributed by atoms with E-state index in [9.17, 15) is 14.0 Å². The molecule has 2 unspecified atom stereocenters. The Balaban J connectivity index is 2.57. The van der Waals surface area contributed by atoms with Crippen LogP contribution in [0.1, 0.15) is 6.42 Å². The number of amides is 1. The van der Waals surface area contributed by atoms with Gasteiger partial charge in [0.15, 0.2) is 0 Å². The number of ether oxygens (including phenoxy) is 1. The van der Waals surface area contributed by atoms with E-state index in [0.717, 1.165) is 4.90 Å². The number of carboxylic acids is 1. The summed E-state index contributed by atoms with van der Waals surface area (Å²) in [6, 6.07) is -1.09. The quantitative estimate of drug-likeness (QED) is 0.707. The summed E-state index contributed by atoms with van der Waals surface area (Å²) in [6.07, 6.45) is -1.76. The molecule has 2 atom stereocenters.